The second-order valence-corrected chi connectivity index (χ2v) is 6.53. The molecule has 1 saturated carbocycles. The fourth-order valence-corrected chi connectivity index (χ4v) is 4.29. The fourth-order valence-electron chi connectivity index (χ4n) is 3.13. The molecule has 1 aliphatic carbocycles. The Hall–Kier alpha value is -0.220. The number of nitrogens with one attached hydrogen (secondary N) is 1. The highest BCUT2D eigenvalue weighted by Gasteiger charge is 2.29. The van der Waals surface area contributed by atoms with Crippen molar-refractivity contribution in [1.29, 1.82) is 0 Å². The molecule has 0 aromatic heterocycles. The van der Waals surface area contributed by atoms with E-state index >= 15 is 0 Å². The summed E-state index contributed by atoms with van der Waals surface area (Å²) in [5, 5.41) is 3.55. The third kappa shape index (κ3) is 2.97. The van der Waals surface area contributed by atoms with E-state index in [1.54, 1.807) is 0 Å². The van der Waals surface area contributed by atoms with E-state index in [0.717, 1.165) is 5.92 Å². The van der Waals surface area contributed by atoms with Crippen molar-refractivity contribution in [3.05, 3.63) is 0 Å². The lowest BCUT2D eigenvalue weighted by molar-refractivity contribution is 0.195. The molecule has 1 N–H and O–H groups in total. The normalized spacial score (nSPS) is 34.9. The lowest BCUT2D eigenvalue weighted by atomic mass is 9.86. The van der Waals surface area contributed by atoms with E-state index in [1.807, 2.05) is 11.8 Å². The van der Waals surface area contributed by atoms with Crippen LogP contribution in [-0.4, -0.2) is 35.1 Å². The van der Waals surface area contributed by atoms with E-state index < -0.39 is 0 Å². The Morgan fingerprint density at radius 1 is 1.06 bits per heavy atom. The molecular weight excluding hydrogens is 230 g/mol. The zero-order valence-corrected chi connectivity index (χ0v) is 11.3. The molecule has 96 valence electrons. The van der Waals surface area contributed by atoms with Crippen molar-refractivity contribution < 1.29 is 0 Å². The summed E-state index contributed by atoms with van der Waals surface area (Å²) in [6, 6.07) is 0.622. The topological polar surface area (TPSA) is 27.6 Å². The first kappa shape index (κ1) is 11.8. The lowest BCUT2D eigenvalue weighted by Crippen LogP contribution is -2.46. The lowest BCUT2D eigenvalue weighted by Gasteiger charge is -2.35. The molecular formula is C13H23N3S. The first-order valence-electron chi connectivity index (χ1n) is 7.14. The third-order valence-electron chi connectivity index (χ3n) is 4.20. The van der Waals surface area contributed by atoms with Gasteiger partial charge in [0, 0.05) is 18.8 Å². The van der Waals surface area contributed by atoms with Gasteiger partial charge in [-0.05, 0) is 31.6 Å². The Bertz CT molecular complexity index is 286. The maximum Gasteiger partial charge on any atom is 0.171 e. The van der Waals surface area contributed by atoms with Crippen molar-refractivity contribution in [3.63, 3.8) is 0 Å². The summed E-state index contributed by atoms with van der Waals surface area (Å²) in [6.45, 7) is 2.38. The highest BCUT2D eigenvalue weighted by Crippen LogP contribution is 2.33. The second kappa shape index (κ2) is 5.61. The minimum Gasteiger partial charge on any atom is -0.298 e. The number of hydrogen-bond donors (Lipinski definition) is 1. The quantitative estimate of drug-likeness (QED) is 0.778. The first-order valence-corrected chi connectivity index (χ1v) is 8.12. The number of rotatable bonds is 1. The van der Waals surface area contributed by atoms with Crippen molar-refractivity contribution in [3.8, 4) is 0 Å². The standard InChI is InChI=1S/C13H23N3S/c1-4-8-16(9-5-1)15-13-14-12-7-3-2-6-11(12)10-17-13/h11-12H,1-10H2,(H,14,15). The van der Waals surface area contributed by atoms with E-state index in [4.69, 9.17) is 4.99 Å². The largest absolute Gasteiger partial charge is 0.298 e. The van der Waals surface area contributed by atoms with E-state index in [-0.39, 0.29) is 0 Å². The summed E-state index contributed by atoms with van der Waals surface area (Å²) in [4.78, 5) is 4.92. The van der Waals surface area contributed by atoms with E-state index in [2.05, 4.69) is 10.4 Å². The Morgan fingerprint density at radius 3 is 2.76 bits per heavy atom. The van der Waals surface area contributed by atoms with Gasteiger partial charge < -0.3 is 0 Å². The van der Waals surface area contributed by atoms with Crippen molar-refractivity contribution in [2.45, 2.75) is 51.0 Å². The van der Waals surface area contributed by atoms with Gasteiger partial charge in [-0.1, -0.05) is 31.0 Å². The number of nitrogens with zero attached hydrogens (tertiary/aromatic N) is 2. The van der Waals surface area contributed by atoms with Crippen molar-refractivity contribution in [1.82, 2.24) is 10.4 Å². The van der Waals surface area contributed by atoms with E-state index in [0.29, 0.717) is 6.04 Å². The zero-order valence-electron chi connectivity index (χ0n) is 10.5. The highest BCUT2D eigenvalue weighted by molar-refractivity contribution is 8.13. The van der Waals surface area contributed by atoms with Crippen LogP contribution in [0.5, 0.6) is 0 Å². The monoisotopic (exact) mass is 253 g/mol. The van der Waals surface area contributed by atoms with Crippen LogP contribution in [0.1, 0.15) is 44.9 Å². The van der Waals surface area contributed by atoms with Gasteiger partial charge >= 0.3 is 0 Å². The SMILES string of the molecule is C1CCN(NC2=NC3CCCCC3CS2)CC1. The molecule has 17 heavy (non-hydrogen) atoms. The number of hydrazine groups is 1. The minimum absolute atomic E-state index is 0.622. The average Bonchev–Trinajstić information content (AvgIpc) is 2.40. The van der Waals surface area contributed by atoms with E-state index in [1.165, 1.54) is 69.0 Å². The van der Waals surface area contributed by atoms with Gasteiger partial charge in [-0.3, -0.25) is 10.4 Å². The van der Waals surface area contributed by atoms with Crippen LogP contribution >= 0.6 is 11.8 Å². The molecule has 2 unspecified atom stereocenters. The van der Waals surface area contributed by atoms with Crippen LogP contribution in [0, 0.1) is 5.92 Å². The Kier molecular flexibility index (Phi) is 3.91. The van der Waals surface area contributed by atoms with Gasteiger partial charge in [0.2, 0.25) is 0 Å². The number of hydrogen-bond acceptors (Lipinski definition) is 4. The molecule has 1 saturated heterocycles. The van der Waals surface area contributed by atoms with Gasteiger partial charge in [0.05, 0.1) is 6.04 Å². The van der Waals surface area contributed by atoms with E-state index in [9.17, 15) is 0 Å². The van der Waals surface area contributed by atoms with Gasteiger partial charge in [0.25, 0.3) is 0 Å². The maximum atomic E-state index is 4.92. The summed E-state index contributed by atoms with van der Waals surface area (Å²) in [6.07, 6.45) is 9.57. The number of amidine groups is 1. The van der Waals surface area contributed by atoms with Crippen LogP contribution in [0.3, 0.4) is 0 Å². The molecule has 0 radical (unpaired) electrons. The molecule has 2 heterocycles. The first-order chi connectivity index (χ1) is 8.42. The Morgan fingerprint density at radius 2 is 1.88 bits per heavy atom. The van der Waals surface area contributed by atoms with Gasteiger partial charge in [-0.2, -0.15) is 0 Å². The highest BCUT2D eigenvalue weighted by atomic mass is 32.2. The summed E-state index contributed by atoms with van der Waals surface area (Å²) >= 11 is 1.94. The van der Waals surface area contributed by atoms with Crippen LogP contribution in [0.25, 0.3) is 0 Å². The summed E-state index contributed by atoms with van der Waals surface area (Å²) < 4.78 is 0. The minimum atomic E-state index is 0.622. The summed E-state index contributed by atoms with van der Waals surface area (Å²) in [5.41, 5.74) is 3.54. The maximum absolute atomic E-state index is 4.92. The van der Waals surface area contributed by atoms with Gasteiger partial charge in [0.1, 0.15) is 0 Å². The van der Waals surface area contributed by atoms with Crippen LogP contribution in [0.2, 0.25) is 0 Å². The van der Waals surface area contributed by atoms with Gasteiger partial charge in [0.15, 0.2) is 5.17 Å². The molecule has 0 aromatic carbocycles. The molecule has 2 fully saturated rings. The van der Waals surface area contributed by atoms with Crippen LogP contribution < -0.4 is 5.43 Å². The van der Waals surface area contributed by atoms with Crippen molar-refractivity contribution in [2.24, 2.45) is 10.9 Å². The van der Waals surface area contributed by atoms with Crippen molar-refractivity contribution in [2.75, 3.05) is 18.8 Å². The predicted molar refractivity (Wildman–Crippen MR) is 74.2 cm³/mol. The average molecular weight is 253 g/mol. The van der Waals surface area contributed by atoms with Gasteiger partial charge in [-0.25, -0.2) is 5.01 Å². The Balaban J connectivity index is 1.57. The molecule has 3 rings (SSSR count). The number of thioether (sulfide) groups is 1. The van der Waals surface area contributed by atoms with Crippen molar-refractivity contribution >= 4 is 16.9 Å². The molecule has 2 aliphatic heterocycles. The molecule has 4 heteroatoms. The fraction of sp³-hybridized carbons (Fsp3) is 0.923. The molecule has 2 atom stereocenters. The summed E-state index contributed by atoms with van der Waals surface area (Å²) in [5.74, 6) is 2.14. The van der Waals surface area contributed by atoms with Crippen LogP contribution in [-0.2, 0) is 0 Å². The zero-order chi connectivity index (χ0) is 11.5. The summed E-state index contributed by atoms with van der Waals surface area (Å²) in [7, 11) is 0. The second-order valence-electron chi connectivity index (χ2n) is 5.52. The molecule has 0 bridgehead atoms. The molecule has 0 aromatic rings. The molecule has 0 spiro atoms. The predicted octanol–water partition coefficient (Wildman–Crippen LogP) is 2.64. The Labute approximate surface area is 108 Å². The van der Waals surface area contributed by atoms with Gasteiger partial charge in [-0.15, -0.1) is 0 Å². The smallest absolute Gasteiger partial charge is 0.171 e. The van der Waals surface area contributed by atoms with Crippen LogP contribution in [0.4, 0.5) is 0 Å². The molecule has 3 nitrogen and oxygen atoms in total. The molecule has 3 aliphatic rings. The number of aliphatic imine (C=N–C) groups is 1. The van der Waals surface area contributed by atoms with Crippen LogP contribution in [0.15, 0.2) is 4.99 Å². The third-order valence-corrected chi connectivity index (χ3v) is 5.26. The molecule has 0 amide bonds. The number of piperidine rings is 1. The number of fused-ring (bicyclic) bond motifs is 1.